The number of aromatic nitrogens is 3. The van der Waals surface area contributed by atoms with Gasteiger partial charge in [-0.25, -0.2) is 10.0 Å². The number of aryl methyl sites for hydroxylation is 1. The fourth-order valence-electron chi connectivity index (χ4n) is 2.84. The van der Waals surface area contributed by atoms with Crippen LogP contribution in [0.4, 0.5) is 5.69 Å². The number of rotatable bonds is 5. The van der Waals surface area contributed by atoms with Crippen molar-refractivity contribution in [1.29, 1.82) is 0 Å². The molecule has 0 saturated heterocycles. The molecule has 0 bridgehead atoms. The maximum Gasteiger partial charge on any atom is 0.299 e. The van der Waals surface area contributed by atoms with Crippen LogP contribution in [0.25, 0.3) is 10.9 Å². The number of halogens is 1. The molecule has 3 rings (SSSR count). The van der Waals surface area contributed by atoms with Crippen LogP contribution in [0.15, 0.2) is 36.5 Å². The Morgan fingerprint density at radius 2 is 1.96 bits per heavy atom. The molecule has 1 aromatic carbocycles. The molecule has 0 aliphatic rings. The summed E-state index contributed by atoms with van der Waals surface area (Å²) >= 11 is 5.98. The highest BCUT2D eigenvalue weighted by Crippen LogP contribution is 2.24. The van der Waals surface area contributed by atoms with Gasteiger partial charge in [0.1, 0.15) is 5.15 Å². The van der Waals surface area contributed by atoms with Gasteiger partial charge in [-0.05, 0) is 23.8 Å². The predicted molar refractivity (Wildman–Crippen MR) is 106 cm³/mol. The fraction of sp³-hybridized carbons (Fsp3) is 0.263. The molecule has 8 nitrogen and oxygen atoms in total. The number of hydroxylamine groups is 2. The molecule has 0 aliphatic heterocycles. The molecule has 0 radical (unpaired) electrons. The van der Waals surface area contributed by atoms with Crippen LogP contribution in [-0.4, -0.2) is 45.8 Å². The molecule has 146 valence electrons. The van der Waals surface area contributed by atoms with Gasteiger partial charge in [-0.1, -0.05) is 23.7 Å². The second-order valence-corrected chi connectivity index (χ2v) is 6.68. The number of fused-ring (bicyclic) bond motifs is 1. The van der Waals surface area contributed by atoms with E-state index >= 15 is 0 Å². The second-order valence-electron chi connectivity index (χ2n) is 6.29. The van der Waals surface area contributed by atoms with Gasteiger partial charge in [0.05, 0.1) is 24.9 Å². The minimum atomic E-state index is -0.448. The van der Waals surface area contributed by atoms with Gasteiger partial charge in [0.2, 0.25) is 5.91 Å². The minimum Gasteiger partial charge on any atom is -0.305 e. The molecule has 2 amide bonds. The van der Waals surface area contributed by atoms with Crippen molar-refractivity contribution in [3.63, 3.8) is 0 Å². The van der Waals surface area contributed by atoms with Gasteiger partial charge in [-0.3, -0.25) is 19.1 Å². The van der Waals surface area contributed by atoms with Crippen LogP contribution in [0.3, 0.4) is 0 Å². The zero-order valence-corrected chi connectivity index (χ0v) is 16.8. The molecule has 0 atom stereocenters. The third-order valence-electron chi connectivity index (χ3n) is 4.31. The summed E-state index contributed by atoms with van der Waals surface area (Å²) in [4.78, 5) is 35.7. The van der Waals surface area contributed by atoms with E-state index in [9.17, 15) is 9.59 Å². The van der Waals surface area contributed by atoms with E-state index in [1.54, 1.807) is 19.3 Å². The van der Waals surface area contributed by atoms with Crippen molar-refractivity contribution in [2.45, 2.75) is 13.5 Å². The zero-order valence-electron chi connectivity index (χ0n) is 16.0. The summed E-state index contributed by atoms with van der Waals surface area (Å²) in [6.07, 6.45) is 1.63. The maximum atomic E-state index is 12.6. The fourth-order valence-corrected chi connectivity index (χ4v) is 3.00. The third-order valence-corrected chi connectivity index (χ3v) is 4.52. The van der Waals surface area contributed by atoms with Crippen LogP contribution >= 0.6 is 11.6 Å². The highest BCUT2D eigenvalue weighted by molar-refractivity contribution is 6.29. The van der Waals surface area contributed by atoms with Crippen molar-refractivity contribution in [2.75, 3.05) is 19.1 Å². The van der Waals surface area contributed by atoms with Crippen LogP contribution in [0.1, 0.15) is 23.0 Å². The van der Waals surface area contributed by atoms with E-state index in [4.69, 9.17) is 16.4 Å². The summed E-state index contributed by atoms with van der Waals surface area (Å²) in [5, 5.41) is 6.61. The zero-order chi connectivity index (χ0) is 20.4. The SMILES string of the molecule is CON(C)C(=O)c1nn(C)cc1N(Cc1ccc2ccc(Cl)nc2c1)C(C)=O. The highest BCUT2D eigenvalue weighted by atomic mass is 35.5. The van der Waals surface area contributed by atoms with Crippen molar-refractivity contribution in [1.82, 2.24) is 19.8 Å². The van der Waals surface area contributed by atoms with Crippen LogP contribution in [0.2, 0.25) is 5.15 Å². The smallest absolute Gasteiger partial charge is 0.299 e. The number of carbonyl (C=O) groups excluding carboxylic acids is 2. The summed E-state index contributed by atoms with van der Waals surface area (Å²) in [5.41, 5.74) is 2.11. The predicted octanol–water partition coefficient (Wildman–Crippen LogP) is 2.81. The van der Waals surface area contributed by atoms with Gasteiger partial charge in [0.15, 0.2) is 5.69 Å². The summed E-state index contributed by atoms with van der Waals surface area (Å²) in [5.74, 6) is -0.669. The van der Waals surface area contributed by atoms with Gasteiger partial charge in [0.25, 0.3) is 5.91 Å². The molecule has 0 spiro atoms. The maximum absolute atomic E-state index is 12.6. The van der Waals surface area contributed by atoms with Gasteiger partial charge in [-0.2, -0.15) is 5.10 Å². The number of anilines is 1. The van der Waals surface area contributed by atoms with E-state index in [0.29, 0.717) is 10.8 Å². The van der Waals surface area contributed by atoms with E-state index in [-0.39, 0.29) is 18.1 Å². The molecule has 0 unspecified atom stereocenters. The van der Waals surface area contributed by atoms with Gasteiger partial charge < -0.3 is 4.90 Å². The molecule has 0 saturated carbocycles. The van der Waals surface area contributed by atoms with Crippen LogP contribution in [0, 0.1) is 0 Å². The van der Waals surface area contributed by atoms with Crippen molar-refractivity contribution >= 4 is 40.0 Å². The Bertz CT molecular complexity index is 1050. The number of hydrogen-bond donors (Lipinski definition) is 0. The largest absolute Gasteiger partial charge is 0.305 e. The van der Waals surface area contributed by atoms with Gasteiger partial charge >= 0.3 is 0 Å². The first kappa shape index (κ1) is 19.8. The summed E-state index contributed by atoms with van der Waals surface area (Å²) in [6.45, 7) is 1.69. The summed E-state index contributed by atoms with van der Waals surface area (Å²) < 4.78 is 1.49. The van der Waals surface area contributed by atoms with Crippen molar-refractivity contribution < 1.29 is 14.4 Å². The molecular weight excluding hydrogens is 382 g/mol. The molecule has 2 aromatic heterocycles. The Balaban J connectivity index is 1.99. The second kappa shape index (κ2) is 7.95. The average Bonchev–Trinajstić information content (AvgIpc) is 3.05. The number of carbonyl (C=O) groups is 2. The van der Waals surface area contributed by atoms with E-state index in [2.05, 4.69) is 10.1 Å². The topological polar surface area (TPSA) is 80.6 Å². The van der Waals surface area contributed by atoms with Crippen LogP contribution < -0.4 is 4.90 Å². The first-order chi connectivity index (χ1) is 13.3. The first-order valence-corrected chi connectivity index (χ1v) is 8.87. The molecule has 2 heterocycles. The monoisotopic (exact) mass is 401 g/mol. The third kappa shape index (κ3) is 3.97. The number of nitrogens with zero attached hydrogens (tertiary/aromatic N) is 5. The van der Waals surface area contributed by atoms with Crippen molar-refractivity contribution in [3.05, 3.63) is 52.9 Å². The van der Waals surface area contributed by atoms with Gasteiger partial charge in [-0.15, -0.1) is 0 Å². The van der Waals surface area contributed by atoms with E-state index in [1.165, 1.54) is 30.7 Å². The number of hydrogen-bond acceptors (Lipinski definition) is 5. The minimum absolute atomic E-state index is 0.129. The summed E-state index contributed by atoms with van der Waals surface area (Å²) in [7, 11) is 4.56. The highest BCUT2D eigenvalue weighted by Gasteiger charge is 2.26. The summed E-state index contributed by atoms with van der Waals surface area (Å²) in [6, 6.07) is 9.31. The Hall–Kier alpha value is -2.97. The normalized spacial score (nSPS) is 10.9. The number of benzene rings is 1. The van der Waals surface area contributed by atoms with Crippen molar-refractivity contribution in [2.24, 2.45) is 7.05 Å². The van der Waals surface area contributed by atoms with Crippen LogP contribution in [-0.2, 0) is 23.2 Å². The van der Waals surface area contributed by atoms with E-state index in [1.807, 2.05) is 24.3 Å². The van der Waals surface area contributed by atoms with E-state index in [0.717, 1.165) is 21.5 Å². The lowest BCUT2D eigenvalue weighted by molar-refractivity contribution is -0.116. The molecule has 28 heavy (non-hydrogen) atoms. The van der Waals surface area contributed by atoms with Gasteiger partial charge in [0, 0.05) is 32.6 Å². The quantitative estimate of drug-likeness (QED) is 0.485. The number of pyridine rings is 1. The number of amides is 2. The molecule has 3 aromatic rings. The molecule has 0 fully saturated rings. The molecule has 0 aliphatic carbocycles. The Morgan fingerprint density at radius 3 is 2.64 bits per heavy atom. The first-order valence-electron chi connectivity index (χ1n) is 8.49. The van der Waals surface area contributed by atoms with Crippen molar-refractivity contribution in [3.8, 4) is 0 Å². The lowest BCUT2D eigenvalue weighted by atomic mass is 10.1. The average molecular weight is 402 g/mol. The molecular formula is C19H20ClN5O3. The standard InChI is InChI=1S/C19H20ClN5O3/c1-12(26)25(16-11-23(2)22-18(16)19(27)24(3)28-4)10-13-5-6-14-7-8-17(20)21-15(14)9-13/h5-9,11H,10H2,1-4H3. The van der Waals surface area contributed by atoms with Crippen LogP contribution in [0.5, 0.6) is 0 Å². The Labute approximate surface area is 167 Å². The lowest BCUT2D eigenvalue weighted by Gasteiger charge is -2.22. The van der Waals surface area contributed by atoms with E-state index < -0.39 is 5.91 Å². The Morgan fingerprint density at radius 1 is 1.25 bits per heavy atom. The molecule has 9 heteroatoms. The lowest BCUT2D eigenvalue weighted by Crippen LogP contribution is -2.32. The Kier molecular flexibility index (Phi) is 5.62. The molecule has 0 N–H and O–H groups in total.